The van der Waals surface area contributed by atoms with Gasteiger partial charge in [-0.15, -0.1) is 11.3 Å². The summed E-state index contributed by atoms with van der Waals surface area (Å²) < 4.78 is 0. The van der Waals surface area contributed by atoms with E-state index in [-0.39, 0.29) is 5.56 Å². The van der Waals surface area contributed by atoms with Crippen LogP contribution in [0.3, 0.4) is 0 Å². The average Bonchev–Trinajstić information content (AvgIpc) is 2.98. The molecule has 1 N–H and O–H groups in total. The topological polar surface area (TPSA) is 69.5 Å². The Bertz CT molecular complexity index is 1200. The Morgan fingerprint density at radius 3 is 2.71 bits per heavy atom. The van der Waals surface area contributed by atoms with Gasteiger partial charge in [0.2, 0.25) is 0 Å². The molecule has 3 aromatic rings. The van der Waals surface area contributed by atoms with Crippen molar-refractivity contribution in [2.24, 2.45) is 5.92 Å². The van der Waals surface area contributed by atoms with Crippen molar-refractivity contribution in [3.05, 3.63) is 61.0 Å². The van der Waals surface area contributed by atoms with Crippen LogP contribution in [-0.2, 0) is 12.8 Å². The first kappa shape index (κ1) is 18.6. The number of nitrogens with one attached hydrogen (secondary N) is 1. The SMILES string of the molecule is Cc1cc(C)c(/C=C(/C#N)c2nc3sc4c(c3c(=O)[nH]2)CC[C@@H](C)C4)c(C)c1. The summed E-state index contributed by atoms with van der Waals surface area (Å²) in [7, 11) is 0. The fourth-order valence-corrected chi connectivity index (χ4v) is 5.58. The number of H-pyrrole nitrogens is 1. The van der Waals surface area contributed by atoms with E-state index in [9.17, 15) is 10.1 Å². The average molecular weight is 390 g/mol. The molecule has 1 aromatic carbocycles. The van der Waals surface area contributed by atoms with Crippen molar-refractivity contribution in [3.8, 4) is 6.07 Å². The molecule has 142 valence electrons. The first-order valence-electron chi connectivity index (χ1n) is 9.62. The van der Waals surface area contributed by atoms with Crippen LogP contribution < -0.4 is 5.56 Å². The zero-order valence-corrected chi connectivity index (χ0v) is 17.5. The summed E-state index contributed by atoms with van der Waals surface area (Å²) >= 11 is 1.61. The highest BCUT2D eigenvalue weighted by molar-refractivity contribution is 7.18. The molecule has 28 heavy (non-hydrogen) atoms. The lowest BCUT2D eigenvalue weighted by Gasteiger charge is -2.17. The van der Waals surface area contributed by atoms with E-state index in [1.165, 1.54) is 10.4 Å². The van der Waals surface area contributed by atoms with Gasteiger partial charge in [-0.1, -0.05) is 24.6 Å². The molecule has 4 nitrogen and oxygen atoms in total. The number of aromatic nitrogens is 2. The fraction of sp³-hybridized carbons (Fsp3) is 0.348. The molecular weight excluding hydrogens is 366 g/mol. The molecule has 0 unspecified atom stereocenters. The minimum atomic E-state index is -0.134. The number of aromatic amines is 1. The van der Waals surface area contributed by atoms with Gasteiger partial charge >= 0.3 is 0 Å². The van der Waals surface area contributed by atoms with E-state index in [1.54, 1.807) is 11.3 Å². The number of hydrogen-bond acceptors (Lipinski definition) is 4. The number of allylic oxidation sites excluding steroid dienone is 1. The van der Waals surface area contributed by atoms with Crippen molar-refractivity contribution in [3.63, 3.8) is 0 Å². The number of nitrogens with zero attached hydrogens (tertiary/aromatic N) is 2. The van der Waals surface area contributed by atoms with Crippen molar-refractivity contribution in [2.75, 3.05) is 0 Å². The van der Waals surface area contributed by atoms with Gasteiger partial charge in [-0.3, -0.25) is 4.79 Å². The zero-order chi connectivity index (χ0) is 20.0. The van der Waals surface area contributed by atoms with Crippen LogP contribution in [0.1, 0.15) is 51.9 Å². The van der Waals surface area contributed by atoms with E-state index >= 15 is 0 Å². The molecule has 2 heterocycles. The van der Waals surface area contributed by atoms with Gasteiger partial charge in [0.25, 0.3) is 5.56 Å². The number of benzene rings is 1. The minimum Gasteiger partial charge on any atom is -0.305 e. The zero-order valence-electron chi connectivity index (χ0n) is 16.6. The Morgan fingerprint density at radius 2 is 2.04 bits per heavy atom. The number of fused-ring (bicyclic) bond motifs is 3. The summed E-state index contributed by atoms with van der Waals surface area (Å²) in [4.78, 5) is 22.4. The number of aryl methyl sites for hydroxylation is 4. The van der Waals surface area contributed by atoms with Gasteiger partial charge in [-0.2, -0.15) is 5.26 Å². The molecule has 1 aliphatic carbocycles. The van der Waals surface area contributed by atoms with E-state index < -0.39 is 0 Å². The van der Waals surface area contributed by atoms with Crippen LogP contribution in [0.15, 0.2) is 16.9 Å². The minimum absolute atomic E-state index is 0.134. The lowest BCUT2D eigenvalue weighted by atomic mass is 9.89. The summed E-state index contributed by atoms with van der Waals surface area (Å²) in [6.45, 7) is 8.38. The molecule has 0 aliphatic heterocycles. The lowest BCUT2D eigenvalue weighted by Crippen LogP contribution is -2.14. The number of hydrogen-bond donors (Lipinski definition) is 1. The monoisotopic (exact) mass is 389 g/mol. The van der Waals surface area contributed by atoms with Crippen LogP contribution in [0.5, 0.6) is 0 Å². The van der Waals surface area contributed by atoms with Gasteiger partial charge in [0.15, 0.2) is 5.82 Å². The van der Waals surface area contributed by atoms with E-state index in [0.717, 1.165) is 51.7 Å². The van der Waals surface area contributed by atoms with Gasteiger partial charge < -0.3 is 4.98 Å². The predicted molar refractivity (Wildman–Crippen MR) is 116 cm³/mol. The van der Waals surface area contributed by atoms with Gasteiger partial charge in [-0.05, 0) is 74.3 Å². The molecule has 5 heteroatoms. The number of nitriles is 1. The van der Waals surface area contributed by atoms with Crippen molar-refractivity contribution >= 4 is 33.2 Å². The normalized spacial score (nSPS) is 16.8. The third kappa shape index (κ3) is 3.18. The van der Waals surface area contributed by atoms with Gasteiger partial charge in [0.1, 0.15) is 10.9 Å². The van der Waals surface area contributed by atoms with Crippen LogP contribution in [0.25, 0.3) is 21.9 Å². The Labute approximate surface area is 168 Å². The summed E-state index contributed by atoms with van der Waals surface area (Å²) in [5, 5.41) is 10.5. The molecule has 0 saturated carbocycles. The molecule has 0 radical (unpaired) electrons. The van der Waals surface area contributed by atoms with Crippen molar-refractivity contribution in [2.45, 2.75) is 47.0 Å². The fourth-order valence-electron chi connectivity index (χ4n) is 4.19. The maximum absolute atomic E-state index is 12.8. The molecule has 0 saturated heterocycles. The molecule has 0 amide bonds. The van der Waals surface area contributed by atoms with Crippen LogP contribution in [0.2, 0.25) is 0 Å². The lowest BCUT2D eigenvalue weighted by molar-refractivity contribution is 0.509. The van der Waals surface area contributed by atoms with Crippen molar-refractivity contribution < 1.29 is 0 Å². The van der Waals surface area contributed by atoms with Crippen LogP contribution >= 0.6 is 11.3 Å². The Balaban J connectivity index is 1.86. The molecule has 4 rings (SSSR count). The quantitative estimate of drug-likeness (QED) is 0.620. The van der Waals surface area contributed by atoms with Crippen molar-refractivity contribution in [1.29, 1.82) is 5.26 Å². The largest absolute Gasteiger partial charge is 0.305 e. The van der Waals surface area contributed by atoms with E-state index in [2.05, 4.69) is 42.0 Å². The Morgan fingerprint density at radius 1 is 1.32 bits per heavy atom. The molecule has 0 spiro atoms. The summed E-state index contributed by atoms with van der Waals surface area (Å²) in [6.07, 6.45) is 4.89. The third-order valence-corrected chi connectivity index (χ3v) is 6.72. The molecule has 1 aliphatic rings. The highest BCUT2D eigenvalue weighted by Gasteiger charge is 2.23. The summed E-state index contributed by atoms with van der Waals surface area (Å²) in [5.41, 5.74) is 5.81. The highest BCUT2D eigenvalue weighted by atomic mass is 32.1. The Kier molecular flexibility index (Phi) is 4.68. The number of thiophene rings is 1. The van der Waals surface area contributed by atoms with Gasteiger partial charge in [0.05, 0.1) is 11.0 Å². The van der Waals surface area contributed by atoms with E-state index in [1.807, 2.05) is 19.9 Å². The number of rotatable bonds is 2. The molecule has 1 atom stereocenters. The third-order valence-electron chi connectivity index (χ3n) is 5.57. The van der Waals surface area contributed by atoms with Crippen LogP contribution in [-0.4, -0.2) is 9.97 Å². The molecule has 0 bridgehead atoms. The van der Waals surface area contributed by atoms with E-state index in [4.69, 9.17) is 0 Å². The van der Waals surface area contributed by atoms with E-state index in [0.29, 0.717) is 17.3 Å². The summed E-state index contributed by atoms with van der Waals surface area (Å²) in [5.74, 6) is 0.993. The maximum Gasteiger partial charge on any atom is 0.260 e. The molecular formula is C23H23N3OS. The van der Waals surface area contributed by atoms with Crippen molar-refractivity contribution in [1.82, 2.24) is 9.97 Å². The first-order chi connectivity index (χ1) is 13.4. The second kappa shape index (κ2) is 7.03. The second-order valence-corrected chi connectivity index (χ2v) is 9.01. The second-order valence-electron chi connectivity index (χ2n) is 7.93. The van der Waals surface area contributed by atoms with Gasteiger partial charge in [-0.25, -0.2) is 4.98 Å². The predicted octanol–water partition coefficient (Wildman–Crippen LogP) is 5.10. The Hall–Kier alpha value is -2.71. The van der Waals surface area contributed by atoms with Gasteiger partial charge in [0, 0.05) is 4.88 Å². The molecule has 0 fully saturated rings. The standard InChI is InChI=1S/C23H23N3OS/c1-12-5-6-17-19(9-12)28-23-20(17)22(27)25-21(26-23)16(11-24)10-18-14(3)7-13(2)8-15(18)4/h7-8,10,12H,5-6,9H2,1-4H3,(H,25,26,27)/b16-10-/t12-/m1/s1. The maximum atomic E-state index is 12.8. The highest BCUT2D eigenvalue weighted by Crippen LogP contribution is 2.36. The van der Waals surface area contributed by atoms with Crippen LogP contribution in [0, 0.1) is 38.0 Å². The summed E-state index contributed by atoms with van der Waals surface area (Å²) in [6, 6.07) is 6.43. The van der Waals surface area contributed by atoms with Crippen LogP contribution in [0.4, 0.5) is 0 Å². The molecule has 2 aromatic heterocycles. The smallest absolute Gasteiger partial charge is 0.260 e. The first-order valence-corrected chi connectivity index (χ1v) is 10.4.